The number of amides is 1. The van der Waals surface area contributed by atoms with Gasteiger partial charge in [0, 0.05) is 30.1 Å². The molecule has 2 heterocycles. The molecule has 7 heteroatoms. The van der Waals surface area contributed by atoms with Crippen molar-refractivity contribution < 1.29 is 24.2 Å². The van der Waals surface area contributed by atoms with E-state index in [1.165, 1.54) is 0 Å². The summed E-state index contributed by atoms with van der Waals surface area (Å²) in [6, 6.07) is 7.21. The number of carboxylic acid groups (broad SMARTS) is 1. The zero-order valence-corrected chi connectivity index (χ0v) is 14.1. The van der Waals surface area contributed by atoms with Gasteiger partial charge in [0.2, 0.25) is 0 Å². The Labute approximate surface area is 142 Å². The normalized spacial score (nSPS) is 26.7. The van der Waals surface area contributed by atoms with Crippen molar-refractivity contribution in [1.82, 2.24) is 4.90 Å². The van der Waals surface area contributed by atoms with E-state index >= 15 is 0 Å². The van der Waals surface area contributed by atoms with Crippen molar-refractivity contribution in [2.75, 3.05) is 32.9 Å². The summed E-state index contributed by atoms with van der Waals surface area (Å²) in [7, 11) is 0. The Kier molecular flexibility index (Phi) is 4.59. The summed E-state index contributed by atoms with van der Waals surface area (Å²) in [6.07, 6.45) is 0.449. The van der Waals surface area contributed by atoms with Crippen molar-refractivity contribution >= 4 is 27.8 Å². The highest BCUT2D eigenvalue weighted by molar-refractivity contribution is 9.10. The van der Waals surface area contributed by atoms with Crippen molar-refractivity contribution in [2.24, 2.45) is 11.3 Å². The van der Waals surface area contributed by atoms with Gasteiger partial charge in [-0.2, -0.15) is 0 Å². The van der Waals surface area contributed by atoms with Crippen LogP contribution in [0, 0.1) is 11.3 Å². The molecule has 0 unspecified atom stereocenters. The number of halogens is 1. The van der Waals surface area contributed by atoms with Crippen LogP contribution < -0.4 is 4.74 Å². The molecule has 1 N–H and O–H groups in total. The van der Waals surface area contributed by atoms with E-state index in [9.17, 15) is 14.7 Å². The Bertz CT molecular complexity index is 605. The number of hydrogen-bond donors (Lipinski definition) is 1. The summed E-state index contributed by atoms with van der Waals surface area (Å²) in [4.78, 5) is 25.6. The summed E-state index contributed by atoms with van der Waals surface area (Å²) < 4.78 is 11.8. The predicted molar refractivity (Wildman–Crippen MR) is 85.2 cm³/mol. The number of aliphatic carboxylic acids is 1. The van der Waals surface area contributed by atoms with Gasteiger partial charge < -0.3 is 19.5 Å². The van der Waals surface area contributed by atoms with Gasteiger partial charge in [0.1, 0.15) is 5.75 Å². The third-order valence-corrected chi connectivity index (χ3v) is 5.19. The fourth-order valence-corrected chi connectivity index (χ4v) is 3.52. The van der Waals surface area contributed by atoms with Crippen LogP contribution in [0.3, 0.4) is 0 Å². The summed E-state index contributed by atoms with van der Waals surface area (Å²) in [5, 5.41) is 9.60. The van der Waals surface area contributed by atoms with Crippen LogP contribution in [0.4, 0.5) is 0 Å². The molecule has 0 bridgehead atoms. The zero-order chi connectivity index (χ0) is 16.4. The smallest absolute Gasteiger partial charge is 0.311 e. The summed E-state index contributed by atoms with van der Waals surface area (Å²) in [5.74, 6) is -0.572. The van der Waals surface area contributed by atoms with Crippen LogP contribution in [-0.2, 0) is 14.3 Å². The number of fused-ring (bicyclic) bond motifs is 1. The Hall–Kier alpha value is -1.60. The van der Waals surface area contributed by atoms with E-state index in [4.69, 9.17) is 9.47 Å². The van der Waals surface area contributed by atoms with Gasteiger partial charge >= 0.3 is 5.97 Å². The van der Waals surface area contributed by atoms with E-state index in [1.807, 2.05) is 12.1 Å². The van der Waals surface area contributed by atoms with Crippen molar-refractivity contribution in [3.8, 4) is 5.75 Å². The van der Waals surface area contributed by atoms with E-state index in [1.54, 1.807) is 17.0 Å². The minimum atomic E-state index is -0.870. The molecule has 0 radical (unpaired) electrons. The molecule has 0 aliphatic carbocycles. The van der Waals surface area contributed by atoms with Gasteiger partial charge in [-0.1, -0.05) is 15.9 Å². The van der Waals surface area contributed by atoms with E-state index in [0.29, 0.717) is 31.9 Å². The first-order chi connectivity index (χ1) is 11.0. The third kappa shape index (κ3) is 3.21. The number of benzene rings is 1. The summed E-state index contributed by atoms with van der Waals surface area (Å²) in [6.45, 7) is 1.38. The molecular weight excluding hydrogens is 366 g/mol. The molecule has 1 amide bonds. The maximum Gasteiger partial charge on any atom is 0.311 e. The topological polar surface area (TPSA) is 76.1 Å². The molecule has 6 nitrogen and oxygen atoms in total. The van der Waals surface area contributed by atoms with Crippen LogP contribution in [0.1, 0.15) is 6.42 Å². The lowest BCUT2D eigenvalue weighted by Gasteiger charge is -2.33. The molecule has 0 spiro atoms. The first-order valence-corrected chi connectivity index (χ1v) is 8.28. The number of hydrogen-bond acceptors (Lipinski definition) is 4. The quantitative estimate of drug-likeness (QED) is 0.857. The Balaban J connectivity index is 1.62. The molecule has 0 aromatic heterocycles. The van der Waals surface area contributed by atoms with Crippen molar-refractivity contribution in [3.63, 3.8) is 0 Å². The summed E-state index contributed by atoms with van der Waals surface area (Å²) >= 11 is 3.34. The number of rotatable bonds is 4. The maximum absolute atomic E-state index is 12.4. The SMILES string of the molecule is O=C(COc1ccc(Br)cc1)N1C[C@H]2COCC[C@@]2(C(=O)O)C1. The number of ether oxygens (including phenoxy) is 2. The highest BCUT2D eigenvalue weighted by Gasteiger charge is 2.54. The van der Waals surface area contributed by atoms with Gasteiger partial charge in [0.25, 0.3) is 5.91 Å². The molecule has 1 aromatic carbocycles. The van der Waals surface area contributed by atoms with Crippen molar-refractivity contribution in [1.29, 1.82) is 0 Å². The Morgan fingerprint density at radius 2 is 2.13 bits per heavy atom. The van der Waals surface area contributed by atoms with Crippen molar-refractivity contribution in [3.05, 3.63) is 28.7 Å². The van der Waals surface area contributed by atoms with Gasteiger partial charge in [-0.25, -0.2) is 0 Å². The molecular formula is C16H18BrNO5. The lowest BCUT2D eigenvalue weighted by Crippen LogP contribution is -2.45. The molecule has 1 aromatic rings. The second-order valence-corrected chi connectivity index (χ2v) is 6.92. The fourth-order valence-electron chi connectivity index (χ4n) is 3.26. The van der Waals surface area contributed by atoms with Crippen LogP contribution >= 0.6 is 15.9 Å². The van der Waals surface area contributed by atoms with Crippen molar-refractivity contribution in [2.45, 2.75) is 6.42 Å². The van der Waals surface area contributed by atoms with Gasteiger partial charge in [0.15, 0.2) is 6.61 Å². The maximum atomic E-state index is 12.4. The monoisotopic (exact) mass is 383 g/mol. The van der Waals surface area contributed by atoms with E-state index in [-0.39, 0.29) is 25.0 Å². The van der Waals surface area contributed by atoms with Crippen LogP contribution in [0.15, 0.2) is 28.7 Å². The molecule has 2 atom stereocenters. The average Bonchev–Trinajstić information content (AvgIpc) is 2.95. The Morgan fingerprint density at radius 1 is 1.39 bits per heavy atom. The highest BCUT2D eigenvalue weighted by Crippen LogP contribution is 2.42. The number of carbonyl (C=O) groups excluding carboxylic acids is 1. The molecule has 2 fully saturated rings. The lowest BCUT2D eigenvalue weighted by atomic mass is 9.74. The predicted octanol–water partition coefficient (Wildman–Crippen LogP) is 1.78. The number of carbonyl (C=O) groups is 2. The zero-order valence-electron chi connectivity index (χ0n) is 12.5. The molecule has 3 rings (SSSR count). The molecule has 2 aliphatic heterocycles. The van der Waals surface area contributed by atoms with Gasteiger partial charge in [0.05, 0.1) is 12.0 Å². The second kappa shape index (κ2) is 6.49. The lowest BCUT2D eigenvalue weighted by molar-refractivity contribution is -0.157. The number of likely N-dealkylation sites (tertiary alicyclic amines) is 1. The van der Waals surface area contributed by atoms with Crippen LogP contribution in [0.25, 0.3) is 0 Å². The third-order valence-electron chi connectivity index (χ3n) is 4.66. The van der Waals surface area contributed by atoms with Crippen LogP contribution in [-0.4, -0.2) is 54.8 Å². The van der Waals surface area contributed by atoms with E-state index in [0.717, 1.165) is 4.47 Å². The number of carboxylic acids is 1. The molecule has 2 saturated heterocycles. The van der Waals surface area contributed by atoms with Crippen LogP contribution in [0.2, 0.25) is 0 Å². The molecule has 2 aliphatic rings. The fraction of sp³-hybridized carbons (Fsp3) is 0.500. The van der Waals surface area contributed by atoms with Gasteiger partial charge in [-0.3, -0.25) is 9.59 Å². The standard InChI is InChI=1S/C16H18BrNO5/c17-12-1-3-13(4-2-12)23-9-14(19)18-7-11-8-22-6-5-16(11,10-18)15(20)21/h1-4,11H,5-10H2,(H,20,21)/t11-,16+/m0/s1. The average molecular weight is 384 g/mol. The minimum Gasteiger partial charge on any atom is -0.484 e. The first kappa shape index (κ1) is 16.3. The first-order valence-electron chi connectivity index (χ1n) is 7.48. The molecule has 23 heavy (non-hydrogen) atoms. The van der Waals surface area contributed by atoms with E-state index in [2.05, 4.69) is 15.9 Å². The summed E-state index contributed by atoms with van der Waals surface area (Å²) in [5.41, 5.74) is -0.870. The van der Waals surface area contributed by atoms with Gasteiger partial charge in [-0.15, -0.1) is 0 Å². The molecule has 124 valence electrons. The second-order valence-electron chi connectivity index (χ2n) is 6.00. The van der Waals surface area contributed by atoms with E-state index < -0.39 is 11.4 Å². The molecule has 0 saturated carbocycles. The minimum absolute atomic E-state index is 0.0924. The largest absolute Gasteiger partial charge is 0.484 e. The number of nitrogens with zero attached hydrogens (tertiary/aromatic N) is 1. The Morgan fingerprint density at radius 3 is 2.78 bits per heavy atom. The highest BCUT2D eigenvalue weighted by atomic mass is 79.9. The van der Waals surface area contributed by atoms with Gasteiger partial charge in [-0.05, 0) is 30.7 Å². The van der Waals surface area contributed by atoms with Crippen LogP contribution in [0.5, 0.6) is 5.75 Å².